The molecule has 0 amide bonds. The highest BCUT2D eigenvalue weighted by molar-refractivity contribution is 8.52. The smallest absolute Gasteiger partial charge is 0.179 e. The first-order valence-electron chi connectivity index (χ1n) is 9.18. The van der Waals surface area contributed by atoms with E-state index in [0.717, 1.165) is 26.0 Å². The van der Waals surface area contributed by atoms with Crippen molar-refractivity contribution in [3.05, 3.63) is 61.7 Å². The van der Waals surface area contributed by atoms with Crippen LogP contribution in [-0.4, -0.2) is 13.3 Å². The van der Waals surface area contributed by atoms with E-state index >= 15 is 0 Å². The third-order valence-electron chi connectivity index (χ3n) is 5.02. The van der Waals surface area contributed by atoms with Gasteiger partial charge in [0.15, 0.2) is 11.6 Å². The second-order valence-electron chi connectivity index (χ2n) is 6.99. The van der Waals surface area contributed by atoms with Gasteiger partial charge in [0.1, 0.15) is 11.1 Å². The van der Waals surface area contributed by atoms with Crippen molar-refractivity contribution in [1.82, 2.24) is 0 Å². The highest BCUT2D eigenvalue weighted by atomic mass is 32.3. The summed E-state index contributed by atoms with van der Waals surface area (Å²) in [7, 11) is 2.08. The zero-order chi connectivity index (χ0) is 22.7. The Morgan fingerprint density at radius 2 is 1.59 bits per heavy atom. The molecule has 32 heavy (non-hydrogen) atoms. The summed E-state index contributed by atoms with van der Waals surface area (Å²) in [6, 6.07) is 6.21. The van der Waals surface area contributed by atoms with Crippen LogP contribution >= 0.6 is 70.1 Å². The molecule has 1 aromatic heterocycles. The zero-order valence-electron chi connectivity index (χ0n) is 16.8. The molecule has 5 rings (SSSR count). The van der Waals surface area contributed by atoms with Gasteiger partial charge in [-0.25, -0.2) is 8.78 Å². The summed E-state index contributed by atoms with van der Waals surface area (Å²) in [5, 5.41) is 17.5. The molecule has 0 saturated heterocycles. The second-order valence-corrected chi connectivity index (χ2v) is 14.2. The summed E-state index contributed by atoms with van der Waals surface area (Å²) < 4.78 is 33.1. The van der Waals surface area contributed by atoms with E-state index in [1.54, 1.807) is 41.4 Å². The molecule has 11 heteroatoms. The minimum atomic E-state index is -1.05. The van der Waals surface area contributed by atoms with Crippen LogP contribution in [0.3, 0.4) is 0 Å². The monoisotopic (exact) mass is 537 g/mol. The van der Waals surface area contributed by atoms with Crippen molar-refractivity contribution in [3.63, 3.8) is 0 Å². The van der Waals surface area contributed by atoms with Gasteiger partial charge in [-0.1, -0.05) is 58.8 Å². The fourth-order valence-electron chi connectivity index (χ4n) is 3.19. The van der Waals surface area contributed by atoms with Crippen LogP contribution in [0.25, 0.3) is 9.81 Å². The fourth-order valence-corrected chi connectivity index (χ4v) is 12.2. The number of benzene rings is 1. The lowest BCUT2D eigenvalue weighted by Gasteiger charge is -2.16. The molecule has 0 bridgehead atoms. The van der Waals surface area contributed by atoms with Crippen LogP contribution in [0.2, 0.25) is 0 Å². The highest BCUT2D eigenvalue weighted by Crippen LogP contribution is 2.69. The molecule has 3 aliphatic heterocycles. The summed E-state index contributed by atoms with van der Waals surface area (Å²) in [6.07, 6.45) is 0.761. The first-order valence-corrected chi connectivity index (χ1v) is 14.1. The standard InChI is InChI=1S/C21H13F2N3S6/c1-8-4-11-12(5-9(8)2)27-17(26(11)3)19-31-20-21(32-19)30-18(29-20)16-14(23)13(22)15(28-16)10(6-24)7-25/h4-6,24H,1-3H3/b15-10-,18-16?,19-17?,24-6?. The van der Waals surface area contributed by atoms with Gasteiger partial charge in [0, 0.05) is 18.2 Å². The van der Waals surface area contributed by atoms with Crippen LogP contribution in [0.4, 0.5) is 14.5 Å². The van der Waals surface area contributed by atoms with Crippen molar-refractivity contribution in [1.29, 1.82) is 10.7 Å². The molecule has 3 nitrogen and oxygen atoms in total. The predicted octanol–water partition coefficient (Wildman–Crippen LogP) is 6.49. The van der Waals surface area contributed by atoms with Crippen molar-refractivity contribution in [3.8, 4) is 6.07 Å². The average Bonchev–Trinajstić information content (AvgIpc) is 3.48. The molecule has 0 radical (unpaired) electrons. The number of hydrogen-bond acceptors (Lipinski definition) is 9. The van der Waals surface area contributed by atoms with Crippen LogP contribution in [0.1, 0.15) is 11.1 Å². The molecule has 0 saturated carbocycles. The van der Waals surface area contributed by atoms with Gasteiger partial charge in [-0.05, 0) is 37.1 Å². The van der Waals surface area contributed by atoms with Crippen LogP contribution in [0.5, 0.6) is 0 Å². The summed E-state index contributed by atoms with van der Waals surface area (Å²) >= 11 is 8.88. The summed E-state index contributed by atoms with van der Waals surface area (Å²) in [5.74, 6) is -2.00. The molecule has 0 aliphatic carbocycles. The lowest BCUT2D eigenvalue weighted by atomic mass is 10.1. The van der Waals surface area contributed by atoms with Crippen molar-refractivity contribution in [2.45, 2.75) is 18.7 Å². The van der Waals surface area contributed by atoms with E-state index in [1.165, 1.54) is 54.5 Å². The van der Waals surface area contributed by atoms with Gasteiger partial charge in [-0.15, -0.1) is 11.3 Å². The number of anilines is 1. The Bertz CT molecular complexity index is 1430. The number of nitrogens with one attached hydrogen (secondary N) is 1. The Hall–Kier alpha value is -1.29. The second kappa shape index (κ2) is 8.49. The maximum atomic E-state index is 14.6. The number of thioether (sulfide) groups is 5. The van der Waals surface area contributed by atoms with E-state index in [2.05, 4.69) is 37.9 Å². The molecule has 3 aliphatic rings. The largest absolute Gasteiger partial charge is 0.337 e. The molecule has 162 valence electrons. The highest BCUT2D eigenvalue weighted by Gasteiger charge is 2.36. The Kier molecular flexibility index (Phi) is 5.97. The number of halogens is 2. The van der Waals surface area contributed by atoms with Crippen molar-refractivity contribution >= 4 is 91.9 Å². The van der Waals surface area contributed by atoms with Crippen molar-refractivity contribution in [2.75, 3.05) is 11.9 Å². The molecular weight excluding hydrogens is 525 g/mol. The molecule has 0 spiro atoms. The van der Waals surface area contributed by atoms with E-state index in [1.807, 2.05) is 0 Å². The number of nitriles is 1. The van der Waals surface area contributed by atoms with E-state index in [9.17, 15) is 8.78 Å². The number of fused-ring (bicyclic) bond motifs is 1. The SMILES string of the molecule is Cc1cc2c(cc1C)N(C)C(=C1SC3=C(S1)SC(=c1s/c(=C(\C#N)C=N)c(F)c1F)S3)S2. The van der Waals surface area contributed by atoms with Gasteiger partial charge >= 0.3 is 0 Å². The third-order valence-corrected chi connectivity index (χ3v) is 13.6. The zero-order valence-corrected chi connectivity index (χ0v) is 21.7. The maximum absolute atomic E-state index is 14.6. The topological polar surface area (TPSA) is 50.9 Å². The van der Waals surface area contributed by atoms with Gasteiger partial charge in [0.2, 0.25) is 0 Å². The van der Waals surface area contributed by atoms with Crippen LogP contribution in [0.15, 0.2) is 34.8 Å². The molecular formula is C21H13F2N3S6. The average molecular weight is 538 g/mol. The molecule has 1 N–H and O–H groups in total. The molecule has 0 atom stereocenters. The summed E-state index contributed by atoms with van der Waals surface area (Å²) in [6.45, 7) is 4.24. The van der Waals surface area contributed by atoms with Crippen LogP contribution in [-0.2, 0) is 0 Å². The van der Waals surface area contributed by atoms with Crippen LogP contribution in [0, 0.1) is 42.2 Å². The first-order chi connectivity index (χ1) is 15.3. The minimum absolute atomic E-state index is 0.119. The Balaban J connectivity index is 1.45. The lowest BCUT2D eigenvalue weighted by Crippen LogP contribution is -2.10. The lowest BCUT2D eigenvalue weighted by molar-refractivity contribution is 0.507. The Labute approximate surface area is 208 Å². The van der Waals surface area contributed by atoms with E-state index in [4.69, 9.17) is 10.7 Å². The predicted molar refractivity (Wildman–Crippen MR) is 139 cm³/mol. The third kappa shape index (κ3) is 3.56. The van der Waals surface area contributed by atoms with Crippen molar-refractivity contribution in [2.24, 2.45) is 0 Å². The molecule has 1 aromatic carbocycles. The number of nitrogens with zero attached hydrogens (tertiary/aromatic N) is 2. The normalized spacial score (nSPS) is 18.4. The molecule has 4 heterocycles. The van der Waals surface area contributed by atoms with Gasteiger partial charge in [-0.3, -0.25) is 0 Å². The quantitative estimate of drug-likeness (QED) is 0.418. The van der Waals surface area contributed by atoms with E-state index in [0.29, 0.717) is 4.24 Å². The van der Waals surface area contributed by atoms with Gasteiger partial charge in [-0.2, -0.15) is 5.26 Å². The fraction of sp³-hybridized carbons (Fsp3) is 0.143. The number of hydrogen-bond donors (Lipinski definition) is 1. The number of thiophene rings is 1. The Morgan fingerprint density at radius 1 is 0.969 bits per heavy atom. The van der Waals surface area contributed by atoms with E-state index < -0.39 is 11.6 Å². The molecule has 0 unspecified atom stereocenters. The first kappa shape index (κ1) is 22.5. The minimum Gasteiger partial charge on any atom is -0.337 e. The summed E-state index contributed by atoms with van der Waals surface area (Å²) in [4.78, 5) is 3.47. The number of rotatable bonds is 1. The van der Waals surface area contributed by atoms with Crippen molar-refractivity contribution < 1.29 is 8.78 Å². The molecule has 0 fully saturated rings. The maximum Gasteiger partial charge on any atom is 0.179 e. The van der Waals surface area contributed by atoms with E-state index in [-0.39, 0.29) is 14.6 Å². The number of aryl methyl sites for hydroxylation is 2. The van der Waals surface area contributed by atoms with Gasteiger partial charge in [0.25, 0.3) is 0 Å². The van der Waals surface area contributed by atoms with Gasteiger partial charge in [0.05, 0.1) is 37.3 Å². The summed E-state index contributed by atoms with van der Waals surface area (Å²) in [5.41, 5.74) is 3.58. The Morgan fingerprint density at radius 3 is 2.22 bits per heavy atom. The van der Waals surface area contributed by atoms with Gasteiger partial charge < -0.3 is 10.3 Å². The molecule has 2 aromatic rings. The van der Waals surface area contributed by atoms with Crippen LogP contribution < -0.4 is 14.0 Å².